The fourth-order valence-electron chi connectivity index (χ4n) is 2.53. The third-order valence-corrected chi connectivity index (χ3v) is 3.57. The first-order chi connectivity index (χ1) is 9.74. The summed E-state index contributed by atoms with van der Waals surface area (Å²) in [4.78, 5) is 0. The van der Waals surface area contributed by atoms with Gasteiger partial charge in [0, 0.05) is 25.3 Å². The van der Waals surface area contributed by atoms with Crippen molar-refractivity contribution in [3.05, 3.63) is 54.1 Å². The molecule has 3 rings (SSSR count). The molecule has 0 aliphatic carbocycles. The van der Waals surface area contributed by atoms with E-state index in [1.807, 2.05) is 42.1 Å². The molecular weight excluding hydrogens is 252 g/mol. The molecule has 0 bridgehead atoms. The maximum absolute atomic E-state index is 10.2. The molecule has 0 radical (unpaired) electrons. The van der Waals surface area contributed by atoms with Gasteiger partial charge in [-0.2, -0.15) is 5.10 Å². The molecule has 0 amide bonds. The fourth-order valence-corrected chi connectivity index (χ4v) is 2.53. The summed E-state index contributed by atoms with van der Waals surface area (Å²) in [5.41, 5.74) is 2.05. The van der Waals surface area contributed by atoms with Gasteiger partial charge in [0.15, 0.2) is 0 Å². The van der Waals surface area contributed by atoms with E-state index in [0.29, 0.717) is 12.8 Å². The monoisotopic (exact) mass is 270 g/mol. The summed E-state index contributed by atoms with van der Waals surface area (Å²) in [5, 5.41) is 15.8. The zero-order valence-corrected chi connectivity index (χ0v) is 11.5. The van der Waals surface area contributed by atoms with Gasteiger partial charge in [0.1, 0.15) is 5.76 Å². The number of aliphatic hydroxyl groups is 1. The van der Waals surface area contributed by atoms with Gasteiger partial charge in [-0.1, -0.05) is 18.2 Å². The molecule has 0 spiro atoms. The van der Waals surface area contributed by atoms with Crippen LogP contribution < -0.4 is 0 Å². The summed E-state index contributed by atoms with van der Waals surface area (Å²) in [5.74, 6) is 0.912. The van der Waals surface area contributed by atoms with E-state index in [0.717, 1.165) is 28.8 Å². The number of para-hydroxylation sites is 1. The first-order valence-corrected chi connectivity index (χ1v) is 6.85. The molecule has 1 N–H and O–H groups in total. The number of rotatable bonds is 5. The quantitative estimate of drug-likeness (QED) is 0.775. The Morgan fingerprint density at radius 2 is 2.10 bits per heavy atom. The van der Waals surface area contributed by atoms with E-state index in [1.54, 1.807) is 6.26 Å². The summed E-state index contributed by atoms with van der Waals surface area (Å²) >= 11 is 0. The summed E-state index contributed by atoms with van der Waals surface area (Å²) < 4.78 is 7.14. The summed E-state index contributed by atoms with van der Waals surface area (Å²) in [6.07, 6.45) is 3.26. The van der Waals surface area contributed by atoms with Crippen molar-refractivity contribution in [3.8, 4) is 0 Å². The zero-order valence-electron chi connectivity index (χ0n) is 11.5. The summed E-state index contributed by atoms with van der Waals surface area (Å²) in [7, 11) is 1.93. The molecule has 0 saturated heterocycles. The number of hydrogen-bond acceptors (Lipinski definition) is 3. The van der Waals surface area contributed by atoms with Crippen LogP contribution in [0.2, 0.25) is 0 Å². The van der Waals surface area contributed by atoms with Crippen LogP contribution in [0.25, 0.3) is 10.9 Å². The number of fused-ring (bicyclic) bond motifs is 1. The lowest BCUT2D eigenvalue weighted by Gasteiger charge is -2.07. The predicted molar refractivity (Wildman–Crippen MR) is 77.5 cm³/mol. The third kappa shape index (κ3) is 2.60. The van der Waals surface area contributed by atoms with E-state index in [4.69, 9.17) is 4.42 Å². The Morgan fingerprint density at radius 1 is 1.25 bits per heavy atom. The molecule has 0 fully saturated rings. The van der Waals surface area contributed by atoms with Crippen molar-refractivity contribution in [2.75, 3.05) is 0 Å². The molecule has 2 aromatic heterocycles. The summed E-state index contributed by atoms with van der Waals surface area (Å²) in [6, 6.07) is 11.9. The minimum atomic E-state index is -0.404. The lowest BCUT2D eigenvalue weighted by atomic mass is 10.1. The van der Waals surface area contributed by atoms with Gasteiger partial charge >= 0.3 is 0 Å². The van der Waals surface area contributed by atoms with Crippen LogP contribution in [0, 0.1) is 0 Å². The number of furan rings is 1. The topological polar surface area (TPSA) is 51.2 Å². The van der Waals surface area contributed by atoms with Gasteiger partial charge in [-0.15, -0.1) is 0 Å². The highest BCUT2D eigenvalue weighted by Gasteiger charge is 2.13. The van der Waals surface area contributed by atoms with Crippen LogP contribution in [-0.2, 0) is 19.9 Å². The lowest BCUT2D eigenvalue weighted by molar-refractivity contribution is 0.162. The number of nitrogens with zero attached hydrogens (tertiary/aromatic N) is 2. The normalized spacial score (nSPS) is 12.9. The summed E-state index contributed by atoms with van der Waals surface area (Å²) in [6.45, 7) is 0. The average Bonchev–Trinajstić information content (AvgIpc) is 3.07. The first-order valence-electron chi connectivity index (χ1n) is 6.85. The van der Waals surface area contributed by atoms with Crippen LogP contribution in [0.4, 0.5) is 0 Å². The maximum Gasteiger partial charge on any atom is 0.103 e. The molecule has 4 nitrogen and oxygen atoms in total. The first kappa shape index (κ1) is 12.9. The highest BCUT2D eigenvalue weighted by molar-refractivity contribution is 5.81. The van der Waals surface area contributed by atoms with E-state index in [-0.39, 0.29) is 0 Å². The van der Waals surface area contributed by atoms with Crippen molar-refractivity contribution in [1.29, 1.82) is 0 Å². The van der Waals surface area contributed by atoms with Crippen LogP contribution >= 0.6 is 0 Å². The second kappa shape index (κ2) is 5.51. The van der Waals surface area contributed by atoms with Gasteiger partial charge in [-0.25, -0.2) is 0 Å². The van der Waals surface area contributed by atoms with E-state index < -0.39 is 6.10 Å². The number of hydrogen-bond donors (Lipinski definition) is 1. The Hall–Kier alpha value is -2.07. The molecule has 0 aliphatic rings. The maximum atomic E-state index is 10.2. The molecule has 1 unspecified atom stereocenters. The Labute approximate surface area is 117 Å². The van der Waals surface area contributed by atoms with E-state index in [1.165, 1.54) is 0 Å². The second-order valence-electron chi connectivity index (χ2n) is 5.06. The van der Waals surface area contributed by atoms with Gasteiger partial charge in [-0.05, 0) is 24.6 Å². The highest BCUT2D eigenvalue weighted by atomic mass is 16.3. The van der Waals surface area contributed by atoms with Crippen LogP contribution in [0.5, 0.6) is 0 Å². The number of aromatic nitrogens is 2. The average molecular weight is 270 g/mol. The molecule has 4 heteroatoms. The van der Waals surface area contributed by atoms with Crippen molar-refractivity contribution in [3.63, 3.8) is 0 Å². The van der Waals surface area contributed by atoms with Crippen LogP contribution in [0.15, 0.2) is 47.1 Å². The van der Waals surface area contributed by atoms with Crippen molar-refractivity contribution in [1.82, 2.24) is 9.78 Å². The molecule has 1 aromatic carbocycles. The van der Waals surface area contributed by atoms with Gasteiger partial charge < -0.3 is 9.52 Å². The molecule has 0 aliphatic heterocycles. The lowest BCUT2D eigenvalue weighted by Crippen LogP contribution is -2.12. The van der Waals surface area contributed by atoms with E-state index >= 15 is 0 Å². The van der Waals surface area contributed by atoms with Gasteiger partial charge in [0.25, 0.3) is 0 Å². The minimum absolute atomic E-state index is 0.404. The van der Waals surface area contributed by atoms with Crippen molar-refractivity contribution in [2.24, 2.45) is 7.05 Å². The van der Waals surface area contributed by atoms with Gasteiger partial charge in [0.2, 0.25) is 0 Å². The Morgan fingerprint density at radius 3 is 2.90 bits per heavy atom. The SMILES string of the molecule is Cn1nc(CC(O)CCc2ccco2)c2ccccc21. The number of aryl methyl sites for hydroxylation is 2. The van der Waals surface area contributed by atoms with Crippen LogP contribution in [0.1, 0.15) is 17.9 Å². The molecule has 3 aromatic rings. The minimum Gasteiger partial charge on any atom is -0.469 e. The molecule has 2 heterocycles. The number of aliphatic hydroxyl groups excluding tert-OH is 1. The van der Waals surface area contributed by atoms with Gasteiger partial charge in [-0.3, -0.25) is 4.68 Å². The van der Waals surface area contributed by atoms with Gasteiger partial charge in [0.05, 0.1) is 23.6 Å². The van der Waals surface area contributed by atoms with Crippen molar-refractivity contribution >= 4 is 10.9 Å². The molecule has 1 atom stereocenters. The second-order valence-corrected chi connectivity index (χ2v) is 5.06. The Kier molecular flexibility index (Phi) is 3.56. The van der Waals surface area contributed by atoms with Crippen LogP contribution in [-0.4, -0.2) is 21.0 Å². The van der Waals surface area contributed by atoms with E-state index in [2.05, 4.69) is 11.2 Å². The fraction of sp³-hybridized carbons (Fsp3) is 0.312. The van der Waals surface area contributed by atoms with E-state index in [9.17, 15) is 5.11 Å². The Balaban J connectivity index is 1.69. The third-order valence-electron chi connectivity index (χ3n) is 3.57. The highest BCUT2D eigenvalue weighted by Crippen LogP contribution is 2.19. The molecular formula is C16H18N2O2. The van der Waals surface area contributed by atoms with Crippen molar-refractivity contribution < 1.29 is 9.52 Å². The zero-order chi connectivity index (χ0) is 13.9. The van der Waals surface area contributed by atoms with Crippen LogP contribution in [0.3, 0.4) is 0 Å². The largest absolute Gasteiger partial charge is 0.469 e. The standard InChI is InChI=1S/C16H18N2O2/c1-18-16-7-3-2-6-14(16)15(17-18)11-12(19)8-9-13-5-4-10-20-13/h2-7,10,12,19H,8-9,11H2,1H3. The number of benzene rings is 1. The molecule has 104 valence electrons. The predicted octanol–water partition coefficient (Wildman–Crippen LogP) is 2.70. The Bertz CT molecular complexity index is 686. The smallest absolute Gasteiger partial charge is 0.103 e. The van der Waals surface area contributed by atoms with Crippen molar-refractivity contribution in [2.45, 2.75) is 25.4 Å². The molecule has 20 heavy (non-hydrogen) atoms. The molecule has 0 saturated carbocycles.